The highest BCUT2D eigenvalue weighted by Crippen LogP contribution is 2.51. The number of Topliss-reactive ketones (excluding diaryl/α,β-unsaturated/α-hetero) is 1. The highest BCUT2D eigenvalue weighted by molar-refractivity contribution is 5.96. The molecular weight excluding hydrogens is 228 g/mol. The van der Waals surface area contributed by atoms with Crippen molar-refractivity contribution in [3.8, 4) is 0 Å². The predicted molar refractivity (Wildman–Crippen MR) is 67.6 cm³/mol. The van der Waals surface area contributed by atoms with Crippen molar-refractivity contribution < 1.29 is 13.9 Å². The van der Waals surface area contributed by atoms with E-state index in [2.05, 4.69) is 13.8 Å². The lowest BCUT2D eigenvalue weighted by atomic mass is 9.79. The molecule has 98 valence electrons. The molecule has 0 saturated carbocycles. The number of furan rings is 1. The second-order valence-corrected chi connectivity index (χ2v) is 6.23. The molecule has 2 bridgehead atoms. The summed E-state index contributed by atoms with van der Waals surface area (Å²) in [6, 6.07) is 3.63. The molecule has 0 amide bonds. The minimum absolute atomic E-state index is 0.00931. The standard InChI is InChI=1S/C15H20O3/c1-10-4-5-12(17-10)13(16)11-6-7-14(2)8-9-15(11,3)18-14/h4-5,11H,6-9H2,1-3H3/t11-,14+,15+/m1/s1. The smallest absolute Gasteiger partial charge is 0.203 e. The first-order valence-electron chi connectivity index (χ1n) is 6.73. The average Bonchev–Trinajstić information content (AvgIpc) is 2.82. The number of carbonyl (C=O) groups is 1. The predicted octanol–water partition coefficient (Wildman–Crippen LogP) is 3.51. The van der Waals surface area contributed by atoms with Crippen molar-refractivity contribution in [2.45, 2.75) is 57.7 Å². The minimum Gasteiger partial charge on any atom is -0.458 e. The molecule has 2 aliphatic heterocycles. The molecule has 0 spiro atoms. The van der Waals surface area contributed by atoms with Gasteiger partial charge in [-0.15, -0.1) is 0 Å². The molecule has 1 aromatic rings. The SMILES string of the molecule is Cc1ccc(C(=O)[C@H]2CC[C@@]3(C)CC[C@]2(C)O3)o1. The van der Waals surface area contributed by atoms with Crippen molar-refractivity contribution in [3.63, 3.8) is 0 Å². The number of rotatable bonds is 2. The molecule has 0 unspecified atom stereocenters. The normalized spacial score (nSPS) is 38.9. The maximum absolute atomic E-state index is 12.5. The summed E-state index contributed by atoms with van der Waals surface area (Å²) >= 11 is 0. The van der Waals surface area contributed by atoms with Crippen LogP contribution in [0.1, 0.15) is 55.8 Å². The third-order valence-electron chi connectivity index (χ3n) is 4.63. The molecule has 3 rings (SSSR count). The maximum Gasteiger partial charge on any atom is 0.203 e. The van der Waals surface area contributed by atoms with Gasteiger partial charge in [-0.25, -0.2) is 0 Å². The van der Waals surface area contributed by atoms with Gasteiger partial charge in [-0.3, -0.25) is 4.79 Å². The topological polar surface area (TPSA) is 39.4 Å². The van der Waals surface area contributed by atoms with E-state index in [1.807, 2.05) is 13.0 Å². The molecule has 2 fully saturated rings. The quantitative estimate of drug-likeness (QED) is 0.752. The van der Waals surface area contributed by atoms with Crippen molar-refractivity contribution in [3.05, 3.63) is 23.7 Å². The van der Waals surface area contributed by atoms with Gasteiger partial charge in [-0.05, 0) is 58.6 Å². The lowest BCUT2D eigenvalue weighted by molar-refractivity contribution is -0.141. The van der Waals surface area contributed by atoms with Gasteiger partial charge in [0.2, 0.25) is 5.78 Å². The Morgan fingerprint density at radius 1 is 1.28 bits per heavy atom. The second kappa shape index (κ2) is 3.70. The molecule has 0 N–H and O–H groups in total. The Morgan fingerprint density at radius 2 is 2.06 bits per heavy atom. The van der Waals surface area contributed by atoms with Crippen LogP contribution in [-0.2, 0) is 4.74 Å². The van der Waals surface area contributed by atoms with Crippen LogP contribution in [0.3, 0.4) is 0 Å². The average molecular weight is 248 g/mol. The Morgan fingerprint density at radius 3 is 2.72 bits per heavy atom. The lowest BCUT2D eigenvalue weighted by Gasteiger charge is -2.41. The van der Waals surface area contributed by atoms with Gasteiger partial charge in [-0.1, -0.05) is 0 Å². The monoisotopic (exact) mass is 248 g/mol. The van der Waals surface area contributed by atoms with E-state index in [0.717, 1.165) is 31.4 Å². The van der Waals surface area contributed by atoms with Crippen LogP contribution in [0.4, 0.5) is 0 Å². The third kappa shape index (κ3) is 1.72. The van der Waals surface area contributed by atoms with Crippen molar-refractivity contribution in [1.82, 2.24) is 0 Å². The Hall–Kier alpha value is -1.09. The van der Waals surface area contributed by atoms with E-state index >= 15 is 0 Å². The zero-order valence-corrected chi connectivity index (χ0v) is 11.3. The van der Waals surface area contributed by atoms with E-state index < -0.39 is 0 Å². The lowest BCUT2D eigenvalue weighted by Crippen LogP contribution is -2.46. The second-order valence-electron chi connectivity index (χ2n) is 6.23. The summed E-state index contributed by atoms with van der Waals surface area (Å²) in [5, 5.41) is 0. The first kappa shape index (κ1) is 12.0. The van der Waals surface area contributed by atoms with Crippen LogP contribution >= 0.6 is 0 Å². The van der Waals surface area contributed by atoms with Crippen molar-refractivity contribution in [2.24, 2.45) is 5.92 Å². The zero-order valence-electron chi connectivity index (χ0n) is 11.3. The fourth-order valence-electron chi connectivity index (χ4n) is 3.50. The number of ether oxygens (including phenoxy) is 1. The van der Waals surface area contributed by atoms with E-state index in [9.17, 15) is 4.79 Å². The van der Waals surface area contributed by atoms with Gasteiger partial charge in [0, 0.05) is 0 Å². The molecule has 3 heterocycles. The van der Waals surface area contributed by atoms with E-state index in [-0.39, 0.29) is 22.9 Å². The van der Waals surface area contributed by atoms with Gasteiger partial charge in [0.1, 0.15) is 5.76 Å². The van der Waals surface area contributed by atoms with E-state index in [1.54, 1.807) is 6.07 Å². The summed E-state index contributed by atoms with van der Waals surface area (Å²) < 4.78 is 11.6. The van der Waals surface area contributed by atoms with Crippen LogP contribution in [0.25, 0.3) is 0 Å². The Balaban J connectivity index is 1.87. The summed E-state index contributed by atoms with van der Waals surface area (Å²) in [4.78, 5) is 12.5. The molecule has 2 aliphatic rings. The molecule has 0 aromatic carbocycles. The van der Waals surface area contributed by atoms with Crippen LogP contribution in [-0.4, -0.2) is 17.0 Å². The third-order valence-corrected chi connectivity index (χ3v) is 4.63. The summed E-state index contributed by atoms with van der Waals surface area (Å²) in [6.45, 7) is 6.11. The molecule has 3 heteroatoms. The molecular formula is C15H20O3. The molecule has 0 radical (unpaired) electrons. The van der Waals surface area contributed by atoms with Crippen molar-refractivity contribution >= 4 is 5.78 Å². The van der Waals surface area contributed by atoms with Crippen LogP contribution in [0.2, 0.25) is 0 Å². The molecule has 2 saturated heterocycles. The molecule has 3 nitrogen and oxygen atoms in total. The van der Waals surface area contributed by atoms with Crippen LogP contribution < -0.4 is 0 Å². The van der Waals surface area contributed by atoms with Gasteiger partial charge in [0.25, 0.3) is 0 Å². The number of fused-ring (bicyclic) bond motifs is 2. The van der Waals surface area contributed by atoms with Gasteiger partial charge in [-0.2, -0.15) is 0 Å². The van der Waals surface area contributed by atoms with E-state index in [4.69, 9.17) is 9.15 Å². The first-order valence-corrected chi connectivity index (χ1v) is 6.73. The van der Waals surface area contributed by atoms with E-state index in [1.165, 1.54) is 0 Å². The Bertz CT molecular complexity index is 490. The van der Waals surface area contributed by atoms with Gasteiger partial charge in [0.05, 0.1) is 17.1 Å². The summed E-state index contributed by atoms with van der Waals surface area (Å²) in [5.74, 6) is 1.32. The van der Waals surface area contributed by atoms with Crippen LogP contribution in [0, 0.1) is 12.8 Å². The number of hydrogen-bond acceptors (Lipinski definition) is 3. The summed E-state index contributed by atoms with van der Waals surface area (Å²) in [7, 11) is 0. The number of hydrogen-bond donors (Lipinski definition) is 0. The number of carbonyl (C=O) groups excluding carboxylic acids is 1. The van der Waals surface area contributed by atoms with Crippen LogP contribution in [0.15, 0.2) is 16.5 Å². The maximum atomic E-state index is 12.5. The number of aryl methyl sites for hydroxylation is 1. The summed E-state index contributed by atoms with van der Waals surface area (Å²) in [5.41, 5.74) is -0.310. The van der Waals surface area contributed by atoms with Crippen LogP contribution in [0.5, 0.6) is 0 Å². The Labute approximate surface area is 108 Å². The highest BCUT2D eigenvalue weighted by Gasteiger charge is 2.54. The molecule has 1 aromatic heterocycles. The molecule has 0 aliphatic carbocycles. The van der Waals surface area contributed by atoms with Gasteiger partial charge in [0.15, 0.2) is 5.76 Å². The summed E-state index contributed by atoms with van der Waals surface area (Å²) in [6.07, 6.45) is 3.91. The van der Waals surface area contributed by atoms with E-state index in [0.29, 0.717) is 5.76 Å². The molecule has 3 atom stereocenters. The Kier molecular flexibility index (Phi) is 2.46. The zero-order chi connectivity index (χ0) is 13.0. The highest BCUT2D eigenvalue weighted by atomic mass is 16.5. The van der Waals surface area contributed by atoms with Crippen molar-refractivity contribution in [2.75, 3.05) is 0 Å². The van der Waals surface area contributed by atoms with Crippen molar-refractivity contribution in [1.29, 1.82) is 0 Å². The first-order chi connectivity index (χ1) is 8.42. The fourth-order valence-corrected chi connectivity index (χ4v) is 3.50. The van der Waals surface area contributed by atoms with Gasteiger partial charge >= 0.3 is 0 Å². The van der Waals surface area contributed by atoms with Gasteiger partial charge < -0.3 is 9.15 Å². The number of ketones is 1. The molecule has 18 heavy (non-hydrogen) atoms. The minimum atomic E-state index is -0.301. The largest absolute Gasteiger partial charge is 0.458 e. The fraction of sp³-hybridized carbons (Fsp3) is 0.667.